The zero-order chi connectivity index (χ0) is 18.9. The molecule has 4 rings (SSSR count). The van der Waals surface area contributed by atoms with Crippen LogP contribution in [0.3, 0.4) is 0 Å². The largest absolute Gasteiger partial charge is 0.313 e. The lowest BCUT2D eigenvalue weighted by molar-refractivity contribution is 0.00640. The van der Waals surface area contributed by atoms with Crippen molar-refractivity contribution in [1.82, 2.24) is 10.2 Å². The predicted molar refractivity (Wildman–Crippen MR) is 106 cm³/mol. The van der Waals surface area contributed by atoms with E-state index in [-0.39, 0.29) is 18.2 Å². The second-order valence-corrected chi connectivity index (χ2v) is 9.29. The van der Waals surface area contributed by atoms with Gasteiger partial charge < -0.3 is 5.32 Å². The molecule has 6 heteroatoms. The molecular weight excluding hydrogens is 360 g/mol. The minimum Gasteiger partial charge on any atom is -0.313 e. The molecule has 5 nitrogen and oxygen atoms in total. The third-order valence-electron chi connectivity index (χ3n) is 5.77. The Morgan fingerprint density at radius 1 is 1.11 bits per heavy atom. The van der Waals surface area contributed by atoms with E-state index < -0.39 is 10.1 Å². The van der Waals surface area contributed by atoms with Crippen LogP contribution in [0.1, 0.15) is 30.0 Å². The lowest BCUT2D eigenvalue weighted by Gasteiger charge is -2.49. The molecule has 2 atom stereocenters. The summed E-state index contributed by atoms with van der Waals surface area (Å²) in [6.45, 7) is 1.83. The number of nitrogens with zero attached hydrogens (tertiary/aromatic N) is 1. The first-order chi connectivity index (χ1) is 13.0. The maximum atomic E-state index is 11.7. The van der Waals surface area contributed by atoms with Crippen molar-refractivity contribution in [3.05, 3.63) is 71.8 Å². The van der Waals surface area contributed by atoms with Crippen molar-refractivity contribution in [2.24, 2.45) is 0 Å². The van der Waals surface area contributed by atoms with E-state index in [4.69, 9.17) is 4.18 Å². The highest BCUT2D eigenvalue weighted by Gasteiger charge is 2.52. The van der Waals surface area contributed by atoms with Gasteiger partial charge in [0.25, 0.3) is 10.1 Å². The molecule has 2 bridgehead atoms. The Morgan fingerprint density at radius 3 is 2.26 bits per heavy atom. The van der Waals surface area contributed by atoms with E-state index in [1.165, 1.54) is 11.1 Å². The maximum absolute atomic E-state index is 11.7. The zero-order valence-electron chi connectivity index (χ0n) is 15.5. The van der Waals surface area contributed by atoms with Crippen LogP contribution in [0.25, 0.3) is 0 Å². The molecule has 27 heavy (non-hydrogen) atoms. The van der Waals surface area contributed by atoms with Gasteiger partial charge in [0.15, 0.2) is 0 Å². The van der Waals surface area contributed by atoms with Crippen molar-refractivity contribution >= 4 is 10.1 Å². The highest BCUT2D eigenvalue weighted by molar-refractivity contribution is 7.85. The van der Waals surface area contributed by atoms with E-state index in [1.807, 2.05) is 12.1 Å². The van der Waals surface area contributed by atoms with Gasteiger partial charge in [-0.2, -0.15) is 8.42 Å². The Hall–Kier alpha value is -1.73. The van der Waals surface area contributed by atoms with Crippen LogP contribution >= 0.6 is 0 Å². The number of benzene rings is 2. The molecular formula is C21H26N2O3S. The second kappa shape index (κ2) is 7.36. The van der Waals surface area contributed by atoms with Gasteiger partial charge in [-0.15, -0.1) is 0 Å². The molecule has 1 N–H and O–H groups in total. The fraction of sp³-hybridized carbons (Fsp3) is 0.429. The van der Waals surface area contributed by atoms with Crippen molar-refractivity contribution < 1.29 is 12.6 Å². The van der Waals surface area contributed by atoms with Gasteiger partial charge in [-0.05, 0) is 24.0 Å². The molecule has 0 saturated carbocycles. The van der Waals surface area contributed by atoms with Gasteiger partial charge in [-0.25, -0.2) is 0 Å². The maximum Gasteiger partial charge on any atom is 0.264 e. The van der Waals surface area contributed by atoms with Crippen molar-refractivity contribution in [2.75, 3.05) is 26.0 Å². The van der Waals surface area contributed by atoms with Crippen LogP contribution in [-0.2, 0) is 14.3 Å². The van der Waals surface area contributed by atoms with Crippen molar-refractivity contribution in [2.45, 2.75) is 30.5 Å². The Kier molecular flexibility index (Phi) is 5.07. The number of hydrogen-bond acceptors (Lipinski definition) is 5. The Morgan fingerprint density at radius 2 is 1.70 bits per heavy atom. The number of fused-ring (bicyclic) bond motifs is 2. The van der Waals surface area contributed by atoms with Gasteiger partial charge in [0, 0.05) is 19.1 Å². The first-order valence-corrected chi connectivity index (χ1v) is 11.2. The molecule has 2 aromatic carbocycles. The van der Waals surface area contributed by atoms with E-state index in [9.17, 15) is 8.42 Å². The summed E-state index contributed by atoms with van der Waals surface area (Å²) in [5, 5.41) is 3.50. The zero-order valence-corrected chi connectivity index (χ0v) is 16.4. The first kappa shape index (κ1) is 18.6. The summed E-state index contributed by atoms with van der Waals surface area (Å²) in [6, 6.07) is 21.4. The fourth-order valence-electron chi connectivity index (χ4n) is 4.63. The summed E-state index contributed by atoms with van der Waals surface area (Å²) in [4.78, 5) is 2.51. The molecule has 2 aromatic rings. The predicted octanol–water partition coefficient (Wildman–Crippen LogP) is 2.56. The smallest absolute Gasteiger partial charge is 0.264 e. The van der Waals surface area contributed by atoms with E-state index in [0.717, 1.165) is 32.2 Å². The molecule has 0 radical (unpaired) electrons. The summed E-state index contributed by atoms with van der Waals surface area (Å²) in [5.74, 6) is 0. The summed E-state index contributed by atoms with van der Waals surface area (Å²) in [5.41, 5.74) is 2.12. The minimum atomic E-state index is -3.49. The summed E-state index contributed by atoms with van der Waals surface area (Å²) in [6.07, 6.45) is 3.09. The van der Waals surface area contributed by atoms with Crippen molar-refractivity contribution in [3.8, 4) is 0 Å². The van der Waals surface area contributed by atoms with E-state index >= 15 is 0 Å². The Balaban J connectivity index is 1.77. The van der Waals surface area contributed by atoms with E-state index in [0.29, 0.717) is 6.04 Å². The fourth-order valence-corrected chi connectivity index (χ4v) is 5.06. The second-order valence-electron chi connectivity index (χ2n) is 7.65. The van der Waals surface area contributed by atoms with Crippen molar-refractivity contribution in [3.63, 3.8) is 0 Å². The standard InChI is InChI=1S/C21H26N2O3S/c1-27(24,25)26-16-21-13-12-19(14-22-15-21)23(21)20(17-8-4-2-5-9-17)18-10-6-3-7-11-18/h2-11,19-20,22H,12-16H2,1H3. The van der Waals surface area contributed by atoms with Crippen LogP contribution < -0.4 is 5.32 Å². The lowest BCUT2D eigenvalue weighted by Crippen LogP contribution is -2.63. The summed E-state index contributed by atoms with van der Waals surface area (Å²) in [7, 11) is -3.49. The first-order valence-electron chi connectivity index (χ1n) is 9.42. The van der Waals surface area contributed by atoms with Crippen LogP contribution in [-0.4, -0.2) is 50.9 Å². The average molecular weight is 387 g/mol. The summed E-state index contributed by atoms with van der Waals surface area (Å²) >= 11 is 0. The van der Waals surface area contributed by atoms with Crippen LogP contribution in [0.15, 0.2) is 60.7 Å². The van der Waals surface area contributed by atoms with Gasteiger partial charge in [0.1, 0.15) is 0 Å². The van der Waals surface area contributed by atoms with Gasteiger partial charge in [-0.3, -0.25) is 9.08 Å². The number of hydrogen-bond donors (Lipinski definition) is 1. The van der Waals surface area contributed by atoms with Crippen molar-refractivity contribution in [1.29, 1.82) is 0 Å². The topological polar surface area (TPSA) is 58.6 Å². The molecule has 0 amide bonds. The third-order valence-corrected chi connectivity index (χ3v) is 6.31. The van der Waals surface area contributed by atoms with Gasteiger partial charge in [-0.1, -0.05) is 60.7 Å². The molecule has 2 heterocycles. The normalized spacial score (nSPS) is 25.8. The van der Waals surface area contributed by atoms with E-state index in [1.54, 1.807) is 0 Å². The number of rotatable bonds is 6. The lowest BCUT2D eigenvalue weighted by atomic mass is 9.89. The number of piperazine rings is 1. The third kappa shape index (κ3) is 3.80. The molecule has 144 valence electrons. The molecule has 2 unspecified atom stereocenters. The quantitative estimate of drug-likeness (QED) is 0.774. The van der Waals surface area contributed by atoms with Gasteiger partial charge in [0.05, 0.1) is 24.4 Å². The van der Waals surface area contributed by atoms with Crippen LogP contribution in [0, 0.1) is 0 Å². The molecule has 2 aliphatic heterocycles. The van der Waals surface area contributed by atoms with Crippen LogP contribution in [0.5, 0.6) is 0 Å². The minimum absolute atomic E-state index is 0.0742. The highest BCUT2D eigenvalue weighted by Crippen LogP contribution is 2.45. The Bertz CT molecular complexity index is 829. The van der Waals surface area contributed by atoms with Crippen LogP contribution in [0.4, 0.5) is 0 Å². The van der Waals surface area contributed by atoms with Crippen LogP contribution in [0.2, 0.25) is 0 Å². The molecule has 0 aromatic heterocycles. The van der Waals surface area contributed by atoms with Gasteiger partial charge >= 0.3 is 0 Å². The molecule has 0 spiro atoms. The van der Waals surface area contributed by atoms with E-state index in [2.05, 4.69) is 58.7 Å². The van der Waals surface area contributed by atoms with Gasteiger partial charge in [0.2, 0.25) is 0 Å². The number of nitrogens with one attached hydrogen (secondary N) is 1. The SMILES string of the molecule is CS(=O)(=O)OCC12CCC(CNC1)N2C(c1ccccc1)c1ccccc1. The molecule has 2 fully saturated rings. The summed E-state index contributed by atoms with van der Waals surface area (Å²) < 4.78 is 28.7. The molecule has 2 aliphatic rings. The Labute approximate surface area is 161 Å². The molecule has 2 saturated heterocycles. The average Bonchev–Trinajstić information content (AvgIpc) is 2.87. The highest BCUT2D eigenvalue weighted by atomic mass is 32.2. The molecule has 0 aliphatic carbocycles. The monoisotopic (exact) mass is 386 g/mol.